The van der Waals surface area contributed by atoms with Gasteiger partial charge in [0.15, 0.2) is 0 Å². The molecule has 1 amide bonds. The van der Waals surface area contributed by atoms with Crippen molar-refractivity contribution in [3.63, 3.8) is 0 Å². The van der Waals surface area contributed by atoms with Crippen LogP contribution in [0.25, 0.3) is 22.0 Å². The second-order valence-corrected chi connectivity index (χ2v) is 7.55. The van der Waals surface area contributed by atoms with Gasteiger partial charge in [-0.2, -0.15) is 0 Å². The molecule has 3 atom stereocenters. The quantitative estimate of drug-likeness (QED) is 0.756. The van der Waals surface area contributed by atoms with Gasteiger partial charge in [-0.1, -0.05) is 12.1 Å². The second-order valence-electron chi connectivity index (χ2n) is 7.55. The highest BCUT2D eigenvalue weighted by molar-refractivity contribution is 5.96. The van der Waals surface area contributed by atoms with Gasteiger partial charge in [-0.15, -0.1) is 0 Å². The number of amides is 1. The lowest BCUT2D eigenvalue weighted by Gasteiger charge is -2.23. The minimum Gasteiger partial charge on any atom is -0.331 e. The highest BCUT2D eigenvalue weighted by Crippen LogP contribution is 2.38. The van der Waals surface area contributed by atoms with Crippen molar-refractivity contribution in [3.8, 4) is 11.1 Å². The molecule has 2 aromatic carbocycles. The Bertz CT molecular complexity index is 1030. The van der Waals surface area contributed by atoms with E-state index >= 15 is 0 Å². The van der Waals surface area contributed by atoms with E-state index in [1.165, 1.54) is 12.1 Å². The van der Waals surface area contributed by atoms with E-state index in [9.17, 15) is 9.18 Å². The van der Waals surface area contributed by atoms with E-state index in [4.69, 9.17) is 5.73 Å². The maximum atomic E-state index is 13.3. The molecular formula is C22H20FN3O. The fourth-order valence-corrected chi connectivity index (χ4v) is 4.56. The highest BCUT2D eigenvalue weighted by Gasteiger charge is 2.47. The number of aromatic nitrogens is 1. The van der Waals surface area contributed by atoms with Crippen LogP contribution in [-0.2, 0) is 0 Å². The molecule has 1 aromatic heterocycles. The van der Waals surface area contributed by atoms with Gasteiger partial charge in [-0.25, -0.2) is 4.39 Å². The summed E-state index contributed by atoms with van der Waals surface area (Å²) in [6.07, 6.45) is 4.72. The van der Waals surface area contributed by atoms with Crippen molar-refractivity contribution in [1.29, 1.82) is 0 Å². The van der Waals surface area contributed by atoms with E-state index < -0.39 is 0 Å². The Kier molecular flexibility index (Phi) is 3.72. The Morgan fingerprint density at radius 1 is 1.07 bits per heavy atom. The number of hydrogen-bond donors (Lipinski definition) is 1. The number of carbonyl (C=O) groups excluding carboxylic acids is 1. The molecule has 0 saturated carbocycles. The van der Waals surface area contributed by atoms with Crippen molar-refractivity contribution in [2.45, 2.75) is 37.4 Å². The van der Waals surface area contributed by atoms with E-state index in [2.05, 4.69) is 4.98 Å². The van der Waals surface area contributed by atoms with Crippen LogP contribution in [0.5, 0.6) is 0 Å². The summed E-state index contributed by atoms with van der Waals surface area (Å²) in [5.41, 5.74) is 9.40. The van der Waals surface area contributed by atoms with Crippen molar-refractivity contribution in [2.24, 2.45) is 5.73 Å². The van der Waals surface area contributed by atoms with Crippen LogP contribution in [0.15, 0.2) is 54.7 Å². The summed E-state index contributed by atoms with van der Waals surface area (Å²) >= 11 is 0. The number of hydrogen-bond acceptors (Lipinski definition) is 3. The largest absolute Gasteiger partial charge is 0.331 e. The van der Waals surface area contributed by atoms with Gasteiger partial charge < -0.3 is 10.6 Å². The van der Waals surface area contributed by atoms with Gasteiger partial charge >= 0.3 is 0 Å². The van der Waals surface area contributed by atoms with E-state index in [1.807, 2.05) is 35.2 Å². The molecule has 2 aliphatic rings. The minimum atomic E-state index is -0.291. The van der Waals surface area contributed by atoms with Crippen molar-refractivity contribution in [2.75, 3.05) is 0 Å². The summed E-state index contributed by atoms with van der Waals surface area (Å²) in [6, 6.07) is 14.8. The number of pyridine rings is 1. The van der Waals surface area contributed by atoms with Crippen LogP contribution in [0, 0.1) is 5.82 Å². The Labute approximate surface area is 156 Å². The number of fused-ring (bicyclic) bond motifs is 3. The van der Waals surface area contributed by atoms with E-state index in [0.717, 1.165) is 35.8 Å². The van der Waals surface area contributed by atoms with Crippen LogP contribution in [0.3, 0.4) is 0 Å². The Hall–Kier alpha value is -2.79. The number of nitrogens with zero attached hydrogens (tertiary/aromatic N) is 2. The van der Waals surface area contributed by atoms with Crippen molar-refractivity contribution in [3.05, 3.63) is 66.1 Å². The summed E-state index contributed by atoms with van der Waals surface area (Å²) in [6.45, 7) is 0. The summed E-state index contributed by atoms with van der Waals surface area (Å²) in [5, 5.41) is 0.886. The zero-order valence-corrected chi connectivity index (χ0v) is 14.8. The normalized spacial score (nSPS) is 23.9. The fraction of sp³-hybridized carbons (Fsp3) is 0.273. The Morgan fingerprint density at radius 2 is 1.89 bits per heavy atom. The number of carbonyl (C=O) groups is 1. The molecule has 0 aliphatic carbocycles. The topological polar surface area (TPSA) is 59.2 Å². The maximum Gasteiger partial charge on any atom is 0.254 e. The lowest BCUT2D eigenvalue weighted by atomic mass is 9.96. The second kappa shape index (κ2) is 6.13. The zero-order valence-electron chi connectivity index (χ0n) is 14.8. The van der Waals surface area contributed by atoms with Gasteiger partial charge in [0.25, 0.3) is 5.91 Å². The third-order valence-corrected chi connectivity index (χ3v) is 5.93. The Balaban J connectivity index is 1.42. The highest BCUT2D eigenvalue weighted by atomic mass is 19.1. The molecule has 0 spiro atoms. The molecule has 2 saturated heterocycles. The summed E-state index contributed by atoms with van der Waals surface area (Å²) < 4.78 is 13.3. The molecule has 5 heteroatoms. The molecule has 5 rings (SSSR count). The number of halogens is 1. The number of benzene rings is 2. The van der Waals surface area contributed by atoms with Gasteiger partial charge in [0.1, 0.15) is 5.82 Å². The number of rotatable bonds is 2. The summed E-state index contributed by atoms with van der Waals surface area (Å²) in [4.78, 5) is 19.3. The van der Waals surface area contributed by atoms with E-state index in [1.54, 1.807) is 12.3 Å². The first-order valence-electron chi connectivity index (χ1n) is 9.34. The van der Waals surface area contributed by atoms with Crippen molar-refractivity contribution < 1.29 is 9.18 Å². The minimum absolute atomic E-state index is 0.0779. The first kappa shape index (κ1) is 16.4. The van der Waals surface area contributed by atoms with Crippen LogP contribution < -0.4 is 5.73 Å². The maximum absolute atomic E-state index is 13.3. The third kappa shape index (κ3) is 2.70. The smallest absolute Gasteiger partial charge is 0.254 e. The van der Waals surface area contributed by atoms with Gasteiger partial charge in [0.05, 0.1) is 5.52 Å². The molecule has 27 heavy (non-hydrogen) atoms. The molecule has 2 fully saturated rings. The molecule has 4 nitrogen and oxygen atoms in total. The van der Waals surface area contributed by atoms with E-state index in [0.29, 0.717) is 17.1 Å². The average Bonchev–Trinajstić information content (AvgIpc) is 3.24. The van der Waals surface area contributed by atoms with Gasteiger partial charge in [0, 0.05) is 46.9 Å². The average molecular weight is 361 g/mol. The first-order valence-corrected chi connectivity index (χ1v) is 9.34. The molecule has 2 N–H and O–H groups in total. The van der Waals surface area contributed by atoms with Crippen molar-refractivity contribution >= 4 is 16.8 Å². The molecule has 0 unspecified atom stereocenters. The van der Waals surface area contributed by atoms with Gasteiger partial charge in [-0.3, -0.25) is 9.78 Å². The molecule has 0 radical (unpaired) electrons. The van der Waals surface area contributed by atoms with Crippen LogP contribution in [0.4, 0.5) is 4.39 Å². The predicted octanol–water partition coefficient (Wildman–Crippen LogP) is 3.75. The monoisotopic (exact) mass is 361 g/mol. The molecule has 136 valence electrons. The summed E-state index contributed by atoms with van der Waals surface area (Å²) in [7, 11) is 0. The van der Waals surface area contributed by atoms with Gasteiger partial charge in [0.2, 0.25) is 0 Å². The van der Waals surface area contributed by atoms with Crippen molar-refractivity contribution in [1.82, 2.24) is 9.88 Å². The van der Waals surface area contributed by atoms with Crippen LogP contribution in [0.2, 0.25) is 0 Å². The van der Waals surface area contributed by atoms with Crippen LogP contribution in [0.1, 0.15) is 29.6 Å². The molecule has 3 heterocycles. The zero-order chi connectivity index (χ0) is 18.5. The summed E-state index contributed by atoms with van der Waals surface area (Å²) in [5.74, 6) is -0.213. The predicted molar refractivity (Wildman–Crippen MR) is 103 cm³/mol. The number of nitrogens with two attached hydrogens (primary N) is 1. The van der Waals surface area contributed by atoms with Gasteiger partial charge in [-0.05, 0) is 55.2 Å². The first-order chi connectivity index (χ1) is 13.1. The fourth-order valence-electron chi connectivity index (χ4n) is 4.56. The Morgan fingerprint density at radius 3 is 2.59 bits per heavy atom. The molecule has 3 aromatic rings. The molecule has 2 aliphatic heterocycles. The SMILES string of the molecule is N[C@H]1C[C@H]2CC[C@@H]1N2C(=O)c1ccc(-c2cnc3cc(F)ccc3c2)cc1. The third-order valence-electron chi connectivity index (χ3n) is 5.93. The van der Waals surface area contributed by atoms with Crippen LogP contribution >= 0.6 is 0 Å². The molecule has 2 bridgehead atoms. The van der Waals surface area contributed by atoms with Crippen LogP contribution in [-0.4, -0.2) is 33.9 Å². The lowest BCUT2D eigenvalue weighted by molar-refractivity contribution is 0.0726. The standard InChI is InChI=1S/C22H20FN3O/c23-17-6-5-15-9-16(12-25-20(15)10-17)13-1-3-14(4-2-13)22(27)26-18-7-8-21(26)19(24)11-18/h1-6,9-10,12,18-19,21H,7-8,11,24H2/t18-,19+,21+/m1/s1. The molecular weight excluding hydrogens is 341 g/mol. The lowest BCUT2D eigenvalue weighted by Crippen LogP contribution is -2.40. The van der Waals surface area contributed by atoms with E-state index in [-0.39, 0.29) is 23.8 Å².